The molecule has 18 heteroatoms. The van der Waals surface area contributed by atoms with E-state index in [4.69, 9.17) is 13.9 Å². The van der Waals surface area contributed by atoms with Crippen LogP contribution < -0.4 is 16.1 Å². The second kappa shape index (κ2) is 15.3. The van der Waals surface area contributed by atoms with E-state index in [1.165, 1.54) is 18.2 Å². The van der Waals surface area contributed by atoms with Crippen molar-refractivity contribution in [3.8, 4) is 28.2 Å². The fourth-order valence-corrected chi connectivity index (χ4v) is 5.12. The first kappa shape index (κ1) is 35.8. The van der Waals surface area contributed by atoms with Crippen molar-refractivity contribution in [3.63, 3.8) is 0 Å². The highest BCUT2D eigenvalue weighted by atomic mass is 19.1. The smallest absolute Gasteiger partial charge is 0.336 e. The summed E-state index contributed by atoms with van der Waals surface area (Å²) in [5.41, 5.74) is -2.44. The summed E-state index contributed by atoms with van der Waals surface area (Å²) >= 11 is 0. The number of carboxylic acids is 1. The minimum absolute atomic E-state index is 0.00697. The van der Waals surface area contributed by atoms with Gasteiger partial charge in [-0.15, -0.1) is 0 Å². The van der Waals surface area contributed by atoms with Crippen molar-refractivity contribution in [2.45, 2.75) is 0 Å². The molecule has 3 aromatic carbocycles. The number of carbonyl (C=O) groups excluding carboxylic acids is 1. The molecule has 0 radical (unpaired) electrons. The molecule has 0 unspecified atom stereocenters. The Bertz CT molecular complexity index is 2210. The molecular formula is C33H26F2N4O12. The number of amides is 1. The number of nitrogens with zero attached hydrogens (tertiary/aromatic N) is 2. The number of aromatic hydroxyl groups is 1. The second-order valence-electron chi connectivity index (χ2n) is 10.7. The predicted octanol–water partition coefficient (Wildman–Crippen LogP) is 4.94. The van der Waals surface area contributed by atoms with Gasteiger partial charge in [0.2, 0.25) is 5.43 Å². The summed E-state index contributed by atoms with van der Waals surface area (Å²) in [6.07, 6.45) is 0. The van der Waals surface area contributed by atoms with Gasteiger partial charge in [-0.3, -0.25) is 29.8 Å². The van der Waals surface area contributed by atoms with Crippen LogP contribution in [-0.2, 0) is 9.47 Å². The minimum Gasteiger partial charge on any atom is -0.505 e. The van der Waals surface area contributed by atoms with E-state index in [0.717, 1.165) is 42.5 Å². The Morgan fingerprint density at radius 3 is 2.25 bits per heavy atom. The second-order valence-corrected chi connectivity index (χ2v) is 10.7. The molecule has 0 atom stereocenters. The Kier molecular flexibility index (Phi) is 10.8. The molecule has 0 bridgehead atoms. The number of phenols is 1. The average Bonchev–Trinajstić information content (AvgIpc) is 3.09. The number of hydrogen-bond acceptors (Lipinski definition) is 12. The van der Waals surface area contributed by atoms with Gasteiger partial charge in [-0.05, 0) is 35.9 Å². The third-order valence-electron chi connectivity index (χ3n) is 7.48. The zero-order valence-corrected chi connectivity index (χ0v) is 26.1. The summed E-state index contributed by atoms with van der Waals surface area (Å²) < 4.78 is 45.3. The maximum atomic E-state index is 14.5. The van der Waals surface area contributed by atoms with E-state index in [0.29, 0.717) is 0 Å². The van der Waals surface area contributed by atoms with E-state index in [2.05, 4.69) is 10.6 Å². The molecule has 1 aliphatic heterocycles. The summed E-state index contributed by atoms with van der Waals surface area (Å²) in [6, 6.07) is 10.4. The van der Waals surface area contributed by atoms with E-state index in [9.17, 15) is 53.6 Å². The first-order valence-electron chi connectivity index (χ1n) is 14.9. The van der Waals surface area contributed by atoms with Crippen molar-refractivity contribution in [1.29, 1.82) is 0 Å². The van der Waals surface area contributed by atoms with Crippen LogP contribution in [0.25, 0.3) is 33.4 Å². The van der Waals surface area contributed by atoms with Crippen molar-refractivity contribution < 1.29 is 52.3 Å². The summed E-state index contributed by atoms with van der Waals surface area (Å²) in [5, 5.41) is 47.4. The molecule has 1 amide bonds. The van der Waals surface area contributed by atoms with Crippen LogP contribution in [0.4, 0.5) is 25.8 Å². The first-order chi connectivity index (χ1) is 24.3. The Morgan fingerprint density at radius 2 is 1.57 bits per heavy atom. The van der Waals surface area contributed by atoms with Gasteiger partial charge < -0.3 is 34.7 Å². The Labute approximate surface area is 284 Å². The van der Waals surface area contributed by atoms with Crippen molar-refractivity contribution >= 4 is 39.9 Å². The molecule has 4 N–H and O–H groups in total. The van der Waals surface area contributed by atoms with E-state index in [-0.39, 0.29) is 84.2 Å². The van der Waals surface area contributed by atoms with Gasteiger partial charge in [0.25, 0.3) is 17.3 Å². The number of aromatic carboxylic acids is 1. The van der Waals surface area contributed by atoms with Crippen LogP contribution in [0.1, 0.15) is 20.7 Å². The number of rotatable bonds is 15. The van der Waals surface area contributed by atoms with Crippen LogP contribution in [0.3, 0.4) is 0 Å². The Hall–Kier alpha value is -6.53. The number of phenolic OH excluding ortho intramolecular Hbond substituents is 1. The SMILES string of the molecule is O=C(NCCOCCOCCNc1ccc([N+](=O)[O-])cc1[N+](=O)[O-])c1ccc(-c2c3cc(F)c(=O)cc-3oc3cc(O)c(F)cc23)c(C(=O)O)c1. The predicted molar refractivity (Wildman–Crippen MR) is 175 cm³/mol. The zero-order valence-electron chi connectivity index (χ0n) is 26.1. The topological polar surface area (TPSA) is 234 Å². The van der Waals surface area contributed by atoms with Gasteiger partial charge >= 0.3 is 5.97 Å². The molecule has 3 aromatic rings. The van der Waals surface area contributed by atoms with Gasteiger partial charge in [0, 0.05) is 53.4 Å². The Morgan fingerprint density at radius 1 is 0.843 bits per heavy atom. The summed E-state index contributed by atoms with van der Waals surface area (Å²) in [4.78, 5) is 57.8. The largest absolute Gasteiger partial charge is 0.505 e. The monoisotopic (exact) mass is 708 g/mol. The number of carboxylic acid groups (broad SMARTS) is 1. The number of non-ortho nitro benzene ring substituents is 1. The molecule has 16 nitrogen and oxygen atoms in total. The van der Waals surface area contributed by atoms with E-state index >= 15 is 0 Å². The number of fused-ring (bicyclic) bond motifs is 2. The first-order valence-corrected chi connectivity index (χ1v) is 14.9. The normalized spacial score (nSPS) is 11.1. The van der Waals surface area contributed by atoms with E-state index in [1.54, 1.807) is 0 Å². The fraction of sp³-hybridized carbons (Fsp3) is 0.182. The molecule has 0 fully saturated rings. The molecule has 1 aliphatic carbocycles. The molecule has 2 aliphatic rings. The van der Waals surface area contributed by atoms with Gasteiger partial charge in [0.1, 0.15) is 17.0 Å². The number of nitro groups is 2. The highest BCUT2D eigenvalue weighted by Gasteiger charge is 2.25. The molecule has 0 saturated carbocycles. The quantitative estimate of drug-likeness (QED) is 0.0489. The molecule has 0 spiro atoms. The lowest BCUT2D eigenvalue weighted by Gasteiger charge is -2.17. The molecule has 51 heavy (non-hydrogen) atoms. The number of benzene rings is 4. The van der Waals surface area contributed by atoms with Crippen LogP contribution in [0.5, 0.6) is 5.75 Å². The molecular weight excluding hydrogens is 682 g/mol. The fourth-order valence-electron chi connectivity index (χ4n) is 5.12. The minimum atomic E-state index is -1.47. The molecule has 5 rings (SSSR count). The number of halogens is 2. The van der Waals surface area contributed by atoms with Crippen molar-refractivity contribution in [2.24, 2.45) is 0 Å². The van der Waals surface area contributed by atoms with Gasteiger partial charge in [-0.1, -0.05) is 6.07 Å². The van der Waals surface area contributed by atoms with Gasteiger partial charge in [0.05, 0.1) is 47.9 Å². The standard InChI is InChI=1S/C33H26F2N4O12/c34-23-13-21-29(15-27(23)40)51-30-16-28(41)24(35)14-22(30)31(21)19-3-1-17(11-20(19)33(43)44)32(42)37-6-8-50-10-9-49-7-5-36-25-4-2-18(38(45)46)12-26(25)39(47)48/h1-4,11-16,36,40H,5-10H2,(H,37,42)(H,43,44). The third kappa shape index (κ3) is 8.03. The molecule has 1 heterocycles. The lowest BCUT2D eigenvalue weighted by molar-refractivity contribution is -0.393. The van der Waals surface area contributed by atoms with Crippen molar-refractivity contribution in [1.82, 2.24) is 5.32 Å². The van der Waals surface area contributed by atoms with Crippen LogP contribution in [-0.4, -0.2) is 71.5 Å². The number of nitrogens with one attached hydrogen (secondary N) is 2. The van der Waals surface area contributed by atoms with Crippen LogP contribution in [0.15, 0.2) is 69.9 Å². The van der Waals surface area contributed by atoms with Gasteiger partial charge in [0.15, 0.2) is 17.4 Å². The highest BCUT2D eigenvalue weighted by molar-refractivity contribution is 6.09. The van der Waals surface area contributed by atoms with E-state index < -0.39 is 61.5 Å². The van der Waals surface area contributed by atoms with Gasteiger partial charge in [-0.25, -0.2) is 13.6 Å². The van der Waals surface area contributed by atoms with Crippen LogP contribution in [0.2, 0.25) is 0 Å². The molecule has 0 aromatic heterocycles. The zero-order chi connectivity index (χ0) is 36.8. The number of nitro benzene ring substituents is 2. The number of anilines is 1. The molecule has 264 valence electrons. The van der Waals surface area contributed by atoms with Crippen LogP contribution >= 0.6 is 0 Å². The lowest BCUT2D eigenvalue weighted by Crippen LogP contribution is -2.28. The number of ether oxygens (including phenoxy) is 2. The average molecular weight is 709 g/mol. The lowest BCUT2D eigenvalue weighted by atomic mass is 9.89. The number of hydrogen-bond donors (Lipinski definition) is 4. The molecule has 0 saturated heterocycles. The van der Waals surface area contributed by atoms with Crippen molar-refractivity contribution in [2.75, 3.05) is 44.8 Å². The Balaban J connectivity index is 1.17. The number of carbonyl (C=O) groups is 2. The summed E-state index contributed by atoms with van der Waals surface area (Å²) in [7, 11) is 0. The highest BCUT2D eigenvalue weighted by Crippen LogP contribution is 2.43. The third-order valence-corrected chi connectivity index (χ3v) is 7.48. The summed E-state index contributed by atoms with van der Waals surface area (Å²) in [6.45, 7) is 0.652. The summed E-state index contributed by atoms with van der Waals surface area (Å²) in [5.74, 6) is -5.26. The maximum Gasteiger partial charge on any atom is 0.336 e. The maximum absolute atomic E-state index is 14.5. The van der Waals surface area contributed by atoms with Gasteiger partial charge in [-0.2, -0.15) is 0 Å². The van der Waals surface area contributed by atoms with Crippen LogP contribution in [0, 0.1) is 31.9 Å². The van der Waals surface area contributed by atoms with Crippen molar-refractivity contribution in [3.05, 3.63) is 114 Å². The van der Waals surface area contributed by atoms with E-state index in [1.807, 2.05) is 0 Å².